The van der Waals surface area contributed by atoms with Crippen molar-refractivity contribution in [3.63, 3.8) is 0 Å². The first-order valence-corrected chi connectivity index (χ1v) is 6.92. The van der Waals surface area contributed by atoms with E-state index in [4.69, 9.17) is 0 Å². The summed E-state index contributed by atoms with van der Waals surface area (Å²) in [6, 6.07) is 0. The van der Waals surface area contributed by atoms with Gasteiger partial charge in [0.05, 0.1) is 0 Å². The number of hydrogen-bond acceptors (Lipinski definition) is 4. The number of aromatic nitrogens is 4. The molecule has 5 nitrogen and oxygen atoms in total. The van der Waals surface area contributed by atoms with Crippen molar-refractivity contribution in [1.82, 2.24) is 24.5 Å². The first kappa shape index (κ1) is 12.5. The molecule has 1 unspecified atom stereocenters. The van der Waals surface area contributed by atoms with Gasteiger partial charge in [-0.15, -0.1) is 0 Å². The standard InChI is InChI=1S/C14H21N5/c1-9-13(7-12-5-6-18(4)8-12)10(2)19-14(15-9)16-11(3)17-19/h12H,5-8H2,1-4H3. The first-order valence-electron chi connectivity index (χ1n) is 6.92. The number of rotatable bonds is 2. The number of nitrogens with zero attached hydrogens (tertiary/aromatic N) is 5. The average molecular weight is 259 g/mol. The molecular formula is C14H21N5. The molecule has 1 fully saturated rings. The van der Waals surface area contributed by atoms with Gasteiger partial charge in [0.2, 0.25) is 0 Å². The van der Waals surface area contributed by atoms with E-state index in [0.29, 0.717) is 0 Å². The molecule has 0 aliphatic carbocycles. The second kappa shape index (κ2) is 4.56. The third-order valence-corrected chi connectivity index (χ3v) is 4.14. The fourth-order valence-corrected chi connectivity index (χ4v) is 3.09. The highest BCUT2D eigenvalue weighted by Crippen LogP contribution is 2.23. The summed E-state index contributed by atoms with van der Waals surface area (Å²) in [6.07, 6.45) is 2.38. The molecule has 0 amide bonds. The molecule has 0 radical (unpaired) electrons. The van der Waals surface area contributed by atoms with E-state index in [-0.39, 0.29) is 0 Å². The molecule has 0 bridgehead atoms. The van der Waals surface area contributed by atoms with Crippen LogP contribution in [0.15, 0.2) is 0 Å². The SMILES string of the molecule is Cc1nc2nc(C)c(CC3CCN(C)C3)c(C)n2n1. The molecule has 0 saturated carbocycles. The van der Waals surface area contributed by atoms with Crippen molar-refractivity contribution in [2.24, 2.45) is 5.92 Å². The summed E-state index contributed by atoms with van der Waals surface area (Å²) in [5.41, 5.74) is 3.64. The van der Waals surface area contributed by atoms with Crippen molar-refractivity contribution in [2.75, 3.05) is 20.1 Å². The van der Waals surface area contributed by atoms with Crippen LogP contribution in [0.3, 0.4) is 0 Å². The van der Waals surface area contributed by atoms with E-state index in [2.05, 4.69) is 40.9 Å². The zero-order valence-electron chi connectivity index (χ0n) is 12.1. The Morgan fingerprint density at radius 1 is 1.21 bits per heavy atom. The minimum Gasteiger partial charge on any atom is -0.306 e. The number of hydrogen-bond donors (Lipinski definition) is 0. The topological polar surface area (TPSA) is 46.3 Å². The van der Waals surface area contributed by atoms with E-state index in [9.17, 15) is 0 Å². The third kappa shape index (κ3) is 2.23. The van der Waals surface area contributed by atoms with E-state index in [0.717, 1.165) is 29.6 Å². The van der Waals surface area contributed by atoms with Gasteiger partial charge in [0.25, 0.3) is 5.78 Å². The van der Waals surface area contributed by atoms with Crippen molar-refractivity contribution >= 4 is 5.78 Å². The van der Waals surface area contributed by atoms with Crippen LogP contribution in [0.4, 0.5) is 0 Å². The number of fused-ring (bicyclic) bond motifs is 1. The fraction of sp³-hybridized carbons (Fsp3) is 0.643. The Hall–Kier alpha value is -1.49. The van der Waals surface area contributed by atoms with Crippen molar-refractivity contribution in [3.05, 3.63) is 22.8 Å². The normalized spacial score (nSPS) is 20.5. The van der Waals surface area contributed by atoms with Crippen molar-refractivity contribution in [3.8, 4) is 0 Å². The Kier molecular flexibility index (Phi) is 3.01. The molecule has 1 atom stereocenters. The third-order valence-electron chi connectivity index (χ3n) is 4.14. The molecule has 1 aliphatic rings. The Morgan fingerprint density at radius 2 is 2.00 bits per heavy atom. The van der Waals surface area contributed by atoms with Gasteiger partial charge in [-0.05, 0) is 58.7 Å². The smallest absolute Gasteiger partial charge is 0.252 e. The van der Waals surface area contributed by atoms with Crippen LogP contribution < -0.4 is 0 Å². The van der Waals surface area contributed by atoms with Gasteiger partial charge >= 0.3 is 0 Å². The van der Waals surface area contributed by atoms with Crippen LogP contribution in [0.5, 0.6) is 0 Å². The monoisotopic (exact) mass is 259 g/mol. The van der Waals surface area contributed by atoms with Crippen molar-refractivity contribution < 1.29 is 0 Å². The predicted molar refractivity (Wildman–Crippen MR) is 74.3 cm³/mol. The Bertz CT molecular complexity index is 616. The lowest BCUT2D eigenvalue weighted by Gasteiger charge is -2.14. The predicted octanol–water partition coefficient (Wildman–Crippen LogP) is 1.54. The molecule has 2 aromatic rings. The van der Waals surface area contributed by atoms with Crippen molar-refractivity contribution in [2.45, 2.75) is 33.6 Å². The summed E-state index contributed by atoms with van der Waals surface area (Å²) in [7, 11) is 2.20. The van der Waals surface area contributed by atoms with Crippen LogP contribution in [0, 0.1) is 26.7 Å². The zero-order valence-corrected chi connectivity index (χ0v) is 12.1. The average Bonchev–Trinajstić information content (AvgIpc) is 2.90. The van der Waals surface area contributed by atoms with Gasteiger partial charge in [-0.25, -0.2) is 9.50 Å². The number of aryl methyl sites for hydroxylation is 3. The van der Waals surface area contributed by atoms with Gasteiger partial charge in [-0.1, -0.05) is 0 Å². The molecular weight excluding hydrogens is 238 g/mol. The molecule has 0 N–H and O–H groups in total. The fourth-order valence-electron chi connectivity index (χ4n) is 3.09. The summed E-state index contributed by atoms with van der Waals surface area (Å²) < 4.78 is 1.89. The molecule has 1 saturated heterocycles. The highest BCUT2D eigenvalue weighted by Gasteiger charge is 2.22. The first-order chi connectivity index (χ1) is 9.04. The number of likely N-dealkylation sites (tertiary alicyclic amines) is 1. The van der Waals surface area contributed by atoms with Gasteiger partial charge in [0, 0.05) is 17.9 Å². The quantitative estimate of drug-likeness (QED) is 0.821. The highest BCUT2D eigenvalue weighted by molar-refractivity contribution is 5.37. The van der Waals surface area contributed by atoms with Gasteiger partial charge in [-0.3, -0.25) is 0 Å². The maximum absolute atomic E-state index is 4.59. The molecule has 1 aliphatic heterocycles. The van der Waals surface area contributed by atoms with E-state index in [1.807, 2.05) is 11.4 Å². The minimum absolute atomic E-state index is 0.722. The van der Waals surface area contributed by atoms with Crippen LogP contribution in [-0.2, 0) is 6.42 Å². The second-order valence-corrected chi connectivity index (χ2v) is 5.75. The Labute approximate surface area is 113 Å². The van der Waals surface area contributed by atoms with Gasteiger partial charge in [-0.2, -0.15) is 10.1 Å². The van der Waals surface area contributed by atoms with Crippen LogP contribution in [0.25, 0.3) is 5.78 Å². The molecule has 0 aromatic carbocycles. The van der Waals surface area contributed by atoms with Crippen LogP contribution in [0.2, 0.25) is 0 Å². The molecule has 0 spiro atoms. The molecule has 19 heavy (non-hydrogen) atoms. The van der Waals surface area contributed by atoms with Crippen LogP contribution in [0.1, 0.15) is 29.2 Å². The van der Waals surface area contributed by atoms with E-state index >= 15 is 0 Å². The molecule has 3 rings (SSSR count). The summed E-state index contributed by atoms with van der Waals surface area (Å²) in [6.45, 7) is 8.53. The Morgan fingerprint density at radius 3 is 2.68 bits per heavy atom. The minimum atomic E-state index is 0.722. The molecule has 3 heterocycles. The maximum atomic E-state index is 4.59. The van der Waals surface area contributed by atoms with E-state index in [1.165, 1.54) is 30.8 Å². The lowest BCUT2D eigenvalue weighted by atomic mass is 9.97. The summed E-state index contributed by atoms with van der Waals surface area (Å²) in [5.74, 6) is 2.25. The second-order valence-electron chi connectivity index (χ2n) is 5.75. The molecule has 2 aromatic heterocycles. The Balaban J connectivity index is 1.98. The summed E-state index contributed by atoms with van der Waals surface area (Å²) in [4.78, 5) is 11.4. The molecule has 5 heteroatoms. The largest absolute Gasteiger partial charge is 0.306 e. The van der Waals surface area contributed by atoms with E-state index < -0.39 is 0 Å². The van der Waals surface area contributed by atoms with Gasteiger partial charge < -0.3 is 4.90 Å². The highest BCUT2D eigenvalue weighted by atomic mass is 15.3. The summed E-state index contributed by atoms with van der Waals surface area (Å²) in [5, 5.41) is 4.44. The lowest BCUT2D eigenvalue weighted by molar-refractivity contribution is 0.394. The lowest BCUT2D eigenvalue weighted by Crippen LogP contribution is -2.16. The zero-order chi connectivity index (χ0) is 13.6. The summed E-state index contributed by atoms with van der Waals surface area (Å²) >= 11 is 0. The van der Waals surface area contributed by atoms with Crippen LogP contribution >= 0.6 is 0 Å². The maximum Gasteiger partial charge on any atom is 0.252 e. The van der Waals surface area contributed by atoms with Crippen LogP contribution in [-0.4, -0.2) is 44.6 Å². The van der Waals surface area contributed by atoms with Gasteiger partial charge in [0.15, 0.2) is 0 Å². The van der Waals surface area contributed by atoms with E-state index in [1.54, 1.807) is 0 Å². The molecule has 102 valence electrons. The van der Waals surface area contributed by atoms with Crippen molar-refractivity contribution in [1.29, 1.82) is 0 Å². The van der Waals surface area contributed by atoms with Gasteiger partial charge in [0.1, 0.15) is 5.82 Å².